The number of aromatic amines is 2. The first-order valence-corrected chi connectivity index (χ1v) is 6.42. The van der Waals surface area contributed by atoms with Gasteiger partial charge in [0.2, 0.25) is 0 Å². The molecule has 1 atom stereocenters. The number of imidazole rings is 1. The highest BCUT2D eigenvalue weighted by Crippen LogP contribution is 2.24. The number of nitrogens with zero attached hydrogens (tertiary/aromatic N) is 2. The van der Waals surface area contributed by atoms with E-state index < -0.39 is 12.9 Å². The fourth-order valence-electron chi connectivity index (χ4n) is 2.13. The molecule has 0 aliphatic carbocycles. The van der Waals surface area contributed by atoms with Gasteiger partial charge in [-0.2, -0.15) is 0 Å². The summed E-state index contributed by atoms with van der Waals surface area (Å²) in [5, 5.41) is 19.3. The van der Waals surface area contributed by atoms with E-state index in [0.717, 1.165) is 5.56 Å². The summed E-state index contributed by atoms with van der Waals surface area (Å²) >= 11 is 4.94. The molecule has 1 unspecified atom stereocenters. The standard InChI is InChI=1S/C12H11BN4O2S/c18-13(19)9(7-4-2-1-3-5-7)11-15-8-6-14-12(20)17-10(8)16-11/h1-6,9,18-19H,(H2,14,15,16,17,20). The Bertz CT molecular complexity index is 787. The fraction of sp³-hybridized carbons (Fsp3) is 0.0833. The second-order valence-corrected chi connectivity index (χ2v) is 4.76. The molecule has 2 aromatic heterocycles. The lowest BCUT2D eigenvalue weighted by atomic mass is 9.68. The first-order chi connectivity index (χ1) is 9.65. The monoisotopic (exact) mass is 286 g/mol. The van der Waals surface area contributed by atoms with Crippen LogP contribution in [0.4, 0.5) is 0 Å². The second kappa shape index (κ2) is 5.16. The third-order valence-corrected chi connectivity index (χ3v) is 3.25. The molecule has 0 radical (unpaired) electrons. The van der Waals surface area contributed by atoms with Crippen molar-refractivity contribution in [2.45, 2.75) is 5.82 Å². The molecule has 4 N–H and O–H groups in total. The molecule has 3 rings (SSSR count). The molecule has 0 spiro atoms. The number of hydrogen-bond acceptors (Lipinski definition) is 5. The molecule has 8 heteroatoms. The van der Waals surface area contributed by atoms with Gasteiger partial charge in [-0.3, -0.25) is 0 Å². The molecule has 0 fully saturated rings. The van der Waals surface area contributed by atoms with Gasteiger partial charge in [-0.05, 0) is 17.8 Å². The van der Waals surface area contributed by atoms with Crippen molar-refractivity contribution in [2.75, 3.05) is 0 Å². The lowest BCUT2D eigenvalue weighted by Gasteiger charge is -2.13. The molecule has 0 saturated carbocycles. The second-order valence-electron chi connectivity index (χ2n) is 4.37. The molecule has 6 nitrogen and oxygen atoms in total. The van der Waals surface area contributed by atoms with E-state index in [-0.39, 0.29) is 0 Å². The molecule has 0 amide bonds. The quantitative estimate of drug-likeness (QED) is 0.428. The van der Waals surface area contributed by atoms with Crippen LogP contribution in [0.2, 0.25) is 0 Å². The van der Waals surface area contributed by atoms with E-state index >= 15 is 0 Å². The molecule has 3 aromatic rings. The Balaban J connectivity index is 2.12. The Morgan fingerprint density at radius 3 is 2.60 bits per heavy atom. The fourth-order valence-corrected chi connectivity index (χ4v) is 2.28. The molecule has 2 heterocycles. The van der Waals surface area contributed by atoms with Crippen molar-refractivity contribution in [2.24, 2.45) is 0 Å². The smallest absolute Gasteiger partial charge is 0.426 e. The zero-order valence-corrected chi connectivity index (χ0v) is 11.1. The van der Waals surface area contributed by atoms with Crippen molar-refractivity contribution in [1.29, 1.82) is 0 Å². The van der Waals surface area contributed by atoms with Crippen LogP contribution in [0, 0.1) is 4.77 Å². The predicted octanol–water partition coefficient (Wildman–Crippen LogP) is 1.16. The molecular weight excluding hydrogens is 275 g/mol. The Kier molecular flexibility index (Phi) is 3.35. The van der Waals surface area contributed by atoms with Crippen LogP contribution in [0.25, 0.3) is 11.2 Å². The van der Waals surface area contributed by atoms with Gasteiger partial charge in [0, 0.05) is 0 Å². The van der Waals surface area contributed by atoms with Gasteiger partial charge in [-0.1, -0.05) is 30.3 Å². The van der Waals surface area contributed by atoms with Crippen molar-refractivity contribution in [3.63, 3.8) is 0 Å². The average molecular weight is 286 g/mol. The summed E-state index contributed by atoms with van der Waals surface area (Å²) in [6.07, 6.45) is 1.57. The normalized spacial score (nSPS) is 12.5. The summed E-state index contributed by atoms with van der Waals surface area (Å²) in [6, 6.07) is 9.17. The van der Waals surface area contributed by atoms with Gasteiger partial charge in [0.05, 0.1) is 12.0 Å². The van der Waals surface area contributed by atoms with Crippen LogP contribution in [0.1, 0.15) is 17.2 Å². The highest BCUT2D eigenvalue weighted by molar-refractivity contribution is 7.71. The Morgan fingerprint density at radius 2 is 1.90 bits per heavy atom. The molecule has 0 bridgehead atoms. The molecule has 1 aromatic carbocycles. The van der Waals surface area contributed by atoms with Crippen LogP contribution in [-0.2, 0) is 0 Å². The van der Waals surface area contributed by atoms with Crippen molar-refractivity contribution in [3.8, 4) is 0 Å². The lowest BCUT2D eigenvalue weighted by molar-refractivity contribution is 0.394. The minimum atomic E-state index is -1.56. The maximum Gasteiger partial charge on any atom is 0.467 e. The third kappa shape index (κ3) is 2.36. The predicted molar refractivity (Wildman–Crippen MR) is 77.5 cm³/mol. The van der Waals surface area contributed by atoms with Crippen molar-refractivity contribution >= 4 is 30.5 Å². The summed E-state index contributed by atoms with van der Waals surface area (Å²) in [6.45, 7) is 0. The molecule has 0 aliphatic rings. The number of aromatic nitrogens is 4. The van der Waals surface area contributed by atoms with Crippen LogP contribution < -0.4 is 0 Å². The number of hydrogen-bond donors (Lipinski definition) is 4. The van der Waals surface area contributed by atoms with Crippen LogP contribution in [-0.4, -0.2) is 37.1 Å². The Labute approximate surface area is 119 Å². The van der Waals surface area contributed by atoms with Gasteiger partial charge in [-0.25, -0.2) is 9.97 Å². The van der Waals surface area contributed by atoms with E-state index in [4.69, 9.17) is 12.2 Å². The first-order valence-electron chi connectivity index (χ1n) is 6.01. The van der Waals surface area contributed by atoms with Gasteiger partial charge in [0.1, 0.15) is 11.3 Å². The van der Waals surface area contributed by atoms with E-state index in [1.165, 1.54) is 0 Å². The van der Waals surface area contributed by atoms with Crippen molar-refractivity contribution in [1.82, 2.24) is 19.9 Å². The largest absolute Gasteiger partial charge is 0.467 e. The molecule has 0 saturated heterocycles. The number of H-pyrrole nitrogens is 2. The molecular formula is C12H11BN4O2S. The van der Waals surface area contributed by atoms with Gasteiger partial charge >= 0.3 is 7.12 Å². The first kappa shape index (κ1) is 13.0. The number of fused-ring (bicyclic) bond motifs is 1. The Hall–Kier alpha value is -2.03. The van der Waals surface area contributed by atoms with E-state index in [9.17, 15) is 10.0 Å². The van der Waals surface area contributed by atoms with Crippen molar-refractivity contribution in [3.05, 3.63) is 52.7 Å². The lowest BCUT2D eigenvalue weighted by Crippen LogP contribution is -2.25. The average Bonchev–Trinajstić information content (AvgIpc) is 2.82. The minimum absolute atomic E-state index is 0.330. The number of nitrogens with one attached hydrogen (secondary N) is 2. The highest BCUT2D eigenvalue weighted by atomic mass is 32.1. The van der Waals surface area contributed by atoms with Crippen LogP contribution in [0.15, 0.2) is 36.5 Å². The number of benzene rings is 1. The van der Waals surface area contributed by atoms with E-state index in [0.29, 0.717) is 21.8 Å². The van der Waals surface area contributed by atoms with Gasteiger partial charge < -0.3 is 20.0 Å². The van der Waals surface area contributed by atoms with E-state index in [1.54, 1.807) is 6.20 Å². The summed E-state index contributed by atoms with van der Waals surface area (Å²) < 4.78 is 0.330. The summed E-state index contributed by atoms with van der Waals surface area (Å²) in [7, 11) is -1.56. The number of rotatable bonds is 3. The Morgan fingerprint density at radius 1 is 1.15 bits per heavy atom. The maximum atomic E-state index is 9.65. The van der Waals surface area contributed by atoms with E-state index in [1.807, 2.05) is 30.3 Å². The van der Waals surface area contributed by atoms with E-state index in [2.05, 4.69) is 19.9 Å². The van der Waals surface area contributed by atoms with Crippen LogP contribution in [0.3, 0.4) is 0 Å². The molecule has 20 heavy (non-hydrogen) atoms. The third-order valence-electron chi connectivity index (χ3n) is 3.04. The summed E-state index contributed by atoms with van der Waals surface area (Å²) in [4.78, 5) is 14.2. The minimum Gasteiger partial charge on any atom is -0.426 e. The van der Waals surface area contributed by atoms with Crippen LogP contribution in [0.5, 0.6) is 0 Å². The zero-order valence-electron chi connectivity index (χ0n) is 10.3. The van der Waals surface area contributed by atoms with Gasteiger partial charge in [-0.15, -0.1) is 0 Å². The van der Waals surface area contributed by atoms with Crippen molar-refractivity contribution < 1.29 is 10.0 Å². The highest BCUT2D eigenvalue weighted by Gasteiger charge is 2.30. The SMILES string of the molecule is OB(O)C(c1ccccc1)c1nc2[nH]c(=S)ncc2[nH]1. The maximum absolute atomic E-state index is 9.65. The summed E-state index contributed by atoms with van der Waals surface area (Å²) in [5.74, 6) is -0.217. The topological polar surface area (TPSA) is 97.8 Å². The molecule has 0 aliphatic heterocycles. The van der Waals surface area contributed by atoms with Gasteiger partial charge in [0.25, 0.3) is 0 Å². The van der Waals surface area contributed by atoms with Crippen LogP contribution >= 0.6 is 12.2 Å². The molecule has 100 valence electrons. The summed E-state index contributed by atoms with van der Waals surface area (Å²) in [5.41, 5.74) is 1.96. The zero-order chi connectivity index (χ0) is 14.1. The van der Waals surface area contributed by atoms with Gasteiger partial charge in [0.15, 0.2) is 10.4 Å².